The zero-order valence-corrected chi connectivity index (χ0v) is 15.8. The van der Waals surface area contributed by atoms with Crippen LogP contribution in [-0.4, -0.2) is 27.8 Å². The molecule has 1 N–H and O–H groups in total. The van der Waals surface area contributed by atoms with Crippen LogP contribution in [0.5, 0.6) is 0 Å². The van der Waals surface area contributed by atoms with E-state index in [4.69, 9.17) is 4.74 Å². The first-order valence-corrected chi connectivity index (χ1v) is 10.6. The van der Waals surface area contributed by atoms with Crippen molar-refractivity contribution in [2.75, 3.05) is 6.61 Å². The lowest BCUT2D eigenvalue weighted by atomic mass is 9.71. The number of allylic oxidation sites excluding steroid dienone is 1. The Hall–Kier alpha value is 0.390. The Labute approximate surface area is 149 Å². The Morgan fingerprint density at radius 3 is 2.00 bits per heavy atom. The number of ether oxygens (including phenoxy) is 1. The average Bonchev–Trinajstić information content (AvgIpc) is 2.56. The van der Waals surface area contributed by atoms with Crippen LogP contribution >= 0.6 is 22.6 Å². The van der Waals surface area contributed by atoms with Gasteiger partial charge in [-0.1, -0.05) is 34.7 Å². The van der Waals surface area contributed by atoms with Crippen LogP contribution in [-0.2, 0) is 4.74 Å². The third kappa shape index (κ3) is 4.94. The van der Waals surface area contributed by atoms with Gasteiger partial charge in [0.15, 0.2) is 0 Å². The number of halogens is 1. The zero-order chi connectivity index (χ0) is 15.4. The fourth-order valence-electron chi connectivity index (χ4n) is 4.55. The second-order valence-corrected chi connectivity index (χ2v) is 9.44. The molecule has 0 radical (unpaired) electrons. The monoisotopic (exact) mass is 418 g/mol. The lowest BCUT2D eigenvalue weighted by molar-refractivity contribution is -0.0360. The summed E-state index contributed by atoms with van der Waals surface area (Å²) in [4.78, 5) is 0. The first-order valence-electron chi connectivity index (χ1n) is 9.32. The van der Waals surface area contributed by atoms with Crippen LogP contribution in [0, 0.1) is 17.8 Å². The van der Waals surface area contributed by atoms with E-state index >= 15 is 0 Å². The molecule has 3 fully saturated rings. The van der Waals surface area contributed by atoms with Crippen molar-refractivity contribution in [3.63, 3.8) is 0 Å². The summed E-state index contributed by atoms with van der Waals surface area (Å²) in [6, 6.07) is 0. The summed E-state index contributed by atoms with van der Waals surface area (Å²) in [6.07, 6.45) is 18.1. The van der Waals surface area contributed by atoms with Crippen LogP contribution < -0.4 is 0 Å². The molecule has 2 unspecified atom stereocenters. The molecule has 3 aliphatic rings. The molecule has 2 nitrogen and oxygen atoms in total. The Balaban J connectivity index is 1.38. The number of alkyl halides is 1. The highest BCUT2D eigenvalue weighted by Crippen LogP contribution is 2.41. The van der Waals surface area contributed by atoms with Crippen molar-refractivity contribution in [2.45, 2.75) is 80.3 Å². The lowest BCUT2D eigenvalue weighted by Gasteiger charge is -2.36. The molecule has 2 aliphatic carbocycles. The van der Waals surface area contributed by atoms with Crippen LogP contribution in [0.15, 0.2) is 12.2 Å². The maximum atomic E-state index is 9.46. The summed E-state index contributed by atoms with van der Waals surface area (Å²) in [5, 5.41) is 9.46. The second kappa shape index (κ2) is 8.48. The summed E-state index contributed by atoms with van der Waals surface area (Å²) in [5.74, 6) is 2.81. The van der Waals surface area contributed by atoms with Gasteiger partial charge in [0, 0.05) is 3.92 Å². The normalized spacial score (nSPS) is 44.3. The molecule has 22 heavy (non-hydrogen) atoms. The summed E-state index contributed by atoms with van der Waals surface area (Å²) in [5.41, 5.74) is 0. The number of rotatable bonds is 3. The lowest BCUT2D eigenvalue weighted by Crippen LogP contribution is -2.28. The van der Waals surface area contributed by atoms with E-state index < -0.39 is 0 Å². The van der Waals surface area contributed by atoms with E-state index in [-0.39, 0.29) is 12.2 Å². The molecule has 0 aromatic heterocycles. The molecule has 0 aromatic carbocycles. The van der Waals surface area contributed by atoms with Crippen molar-refractivity contribution >= 4 is 22.6 Å². The molecule has 2 saturated carbocycles. The van der Waals surface area contributed by atoms with E-state index in [0.717, 1.165) is 34.5 Å². The standard InChI is InChI=1S/C19H31IO2/c20-17-8-6-16(7-9-17)15-4-1-14(2-5-15)3-11-19-12-10-18(21)13-22-19/h3,11,14-19,21H,1-2,4-10,12-13H2/b11-3+. The average molecular weight is 418 g/mol. The first-order chi connectivity index (χ1) is 10.7. The summed E-state index contributed by atoms with van der Waals surface area (Å²) in [6.45, 7) is 0.515. The smallest absolute Gasteiger partial charge is 0.0775 e. The van der Waals surface area contributed by atoms with E-state index in [9.17, 15) is 5.11 Å². The van der Waals surface area contributed by atoms with Gasteiger partial charge in [-0.25, -0.2) is 0 Å². The molecule has 1 heterocycles. The van der Waals surface area contributed by atoms with E-state index in [1.165, 1.54) is 51.4 Å². The topological polar surface area (TPSA) is 29.5 Å². The van der Waals surface area contributed by atoms with E-state index in [0.29, 0.717) is 6.61 Å². The van der Waals surface area contributed by atoms with E-state index in [2.05, 4.69) is 34.7 Å². The molecule has 0 bridgehead atoms. The Morgan fingerprint density at radius 1 is 0.773 bits per heavy atom. The van der Waals surface area contributed by atoms with Gasteiger partial charge >= 0.3 is 0 Å². The third-order valence-corrected chi connectivity index (χ3v) is 7.32. The summed E-state index contributed by atoms with van der Waals surface area (Å²) in [7, 11) is 0. The third-order valence-electron chi connectivity index (χ3n) is 6.07. The molecule has 1 saturated heterocycles. The second-order valence-electron chi connectivity index (χ2n) is 7.67. The number of aliphatic hydroxyl groups excluding tert-OH is 1. The SMILES string of the molecule is OC1CCC(/C=C/C2CCC(C3CCC(I)CC3)CC2)OC1. The Kier molecular flexibility index (Phi) is 6.64. The molecule has 3 heteroatoms. The minimum absolute atomic E-state index is 0.238. The number of hydrogen-bond donors (Lipinski definition) is 1. The quantitative estimate of drug-likeness (QED) is 0.402. The fraction of sp³-hybridized carbons (Fsp3) is 0.895. The highest BCUT2D eigenvalue weighted by Gasteiger charge is 2.29. The predicted molar refractivity (Wildman–Crippen MR) is 99.3 cm³/mol. The van der Waals surface area contributed by atoms with Crippen LogP contribution in [0.1, 0.15) is 64.2 Å². The van der Waals surface area contributed by atoms with E-state index in [1.807, 2.05) is 0 Å². The van der Waals surface area contributed by atoms with Crippen molar-refractivity contribution < 1.29 is 9.84 Å². The molecular formula is C19H31IO2. The molecule has 2 atom stereocenters. The molecule has 1 aliphatic heterocycles. The van der Waals surface area contributed by atoms with E-state index in [1.54, 1.807) is 0 Å². The molecular weight excluding hydrogens is 387 g/mol. The van der Waals surface area contributed by atoms with Gasteiger partial charge in [-0.2, -0.15) is 0 Å². The Morgan fingerprint density at radius 2 is 1.41 bits per heavy atom. The summed E-state index contributed by atoms with van der Waals surface area (Å²) < 4.78 is 6.62. The van der Waals surface area contributed by atoms with Crippen LogP contribution in [0.25, 0.3) is 0 Å². The fourth-order valence-corrected chi connectivity index (χ4v) is 5.27. The van der Waals surface area contributed by atoms with Gasteiger partial charge in [0.25, 0.3) is 0 Å². The minimum Gasteiger partial charge on any atom is -0.391 e. The Bertz CT molecular complexity index is 346. The predicted octanol–water partition coefficient (Wildman–Crippen LogP) is 4.88. The van der Waals surface area contributed by atoms with Crippen molar-refractivity contribution in [2.24, 2.45) is 17.8 Å². The van der Waals surface area contributed by atoms with Gasteiger partial charge in [0.05, 0.1) is 18.8 Å². The van der Waals surface area contributed by atoms with Gasteiger partial charge in [0.2, 0.25) is 0 Å². The van der Waals surface area contributed by atoms with Crippen molar-refractivity contribution in [1.82, 2.24) is 0 Å². The summed E-state index contributed by atoms with van der Waals surface area (Å²) >= 11 is 2.64. The van der Waals surface area contributed by atoms with Crippen molar-refractivity contribution in [3.8, 4) is 0 Å². The maximum Gasteiger partial charge on any atom is 0.0775 e. The highest BCUT2D eigenvalue weighted by molar-refractivity contribution is 14.1. The van der Waals surface area contributed by atoms with Gasteiger partial charge in [-0.15, -0.1) is 0 Å². The molecule has 0 spiro atoms. The van der Waals surface area contributed by atoms with Gasteiger partial charge < -0.3 is 9.84 Å². The molecule has 126 valence electrons. The number of hydrogen-bond acceptors (Lipinski definition) is 2. The minimum atomic E-state index is -0.238. The molecule has 0 amide bonds. The van der Waals surface area contributed by atoms with Crippen LogP contribution in [0.3, 0.4) is 0 Å². The van der Waals surface area contributed by atoms with Crippen LogP contribution in [0.2, 0.25) is 0 Å². The van der Waals surface area contributed by atoms with Gasteiger partial charge in [-0.3, -0.25) is 0 Å². The first kappa shape index (κ1) is 17.2. The maximum absolute atomic E-state index is 9.46. The molecule has 0 aromatic rings. The van der Waals surface area contributed by atoms with Gasteiger partial charge in [-0.05, 0) is 82.0 Å². The number of aliphatic hydroxyl groups is 1. The van der Waals surface area contributed by atoms with Crippen LogP contribution in [0.4, 0.5) is 0 Å². The highest BCUT2D eigenvalue weighted by atomic mass is 127. The largest absolute Gasteiger partial charge is 0.391 e. The van der Waals surface area contributed by atoms with Gasteiger partial charge in [0.1, 0.15) is 0 Å². The van der Waals surface area contributed by atoms with Crippen molar-refractivity contribution in [1.29, 1.82) is 0 Å². The van der Waals surface area contributed by atoms with Crippen molar-refractivity contribution in [3.05, 3.63) is 12.2 Å². The zero-order valence-electron chi connectivity index (χ0n) is 13.6. The molecule has 3 rings (SSSR count).